The molecule has 0 radical (unpaired) electrons. The number of nitrogens with zero attached hydrogens (tertiary/aromatic N) is 2. The van der Waals surface area contributed by atoms with E-state index in [0.29, 0.717) is 17.9 Å². The van der Waals surface area contributed by atoms with Crippen LogP contribution in [-0.4, -0.2) is 15.9 Å². The van der Waals surface area contributed by atoms with Gasteiger partial charge in [-0.15, -0.1) is 0 Å². The highest BCUT2D eigenvalue weighted by Crippen LogP contribution is 2.23. The molecule has 0 saturated carbocycles. The average molecular weight is 355 g/mol. The molecule has 7 heteroatoms. The molecule has 0 aliphatic heterocycles. The summed E-state index contributed by atoms with van der Waals surface area (Å²) >= 11 is 5.82. The Morgan fingerprint density at radius 1 is 1.08 bits per heavy atom. The van der Waals surface area contributed by atoms with Crippen LogP contribution >= 0.6 is 11.6 Å². The largest absolute Gasteiger partial charge is 0.439 e. The van der Waals surface area contributed by atoms with E-state index >= 15 is 0 Å². The van der Waals surface area contributed by atoms with E-state index < -0.39 is 0 Å². The molecular formula is C18H15ClN4O2. The number of amides is 1. The molecular weight excluding hydrogens is 340 g/mol. The molecule has 3 aromatic rings. The third kappa shape index (κ3) is 4.68. The lowest BCUT2D eigenvalue weighted by molar-refractivity contribution is 0.0950. The van der Waals surface area contributed by atoms with Crippen LogP contribution in [0.25, 0.3) is 0 Å². The molecule has 126 valence electrons. The van der Waals surface area contributed by atoms with Crippen molar-refractivity contribution in [1.29, 1.82) is 0 Å². The van der Waals surface area contributed by atoms with Crippen molar-refractivity contribution in [3.05, 3.63) is 76.9 Å². The Balaban J connectivity index is 1.69. The highest BCUT2D eigenvalue weighted by molar-refractivity contribution is 6.29. The topological polar surface area (TPSA) is 90.1 Å². The highest BCUT2D eigenvalue weighted by Gasteiger charge is 2.08. The molecule has 6 nitrogen and oxygen atoms in total. The van der Waals surface area contributed by atoms with Gasteiger partial charge >= 0.3 is 0 Å². The third-order valence-electron chi connectivity index (χ3n) is 3.30. The first-order valence-electron chi connectivity index (χ1n) is 7.50. The van der Waals surface area contributed by atoms with Gasteiger partial charge in [-0.1, -0.05) is 48.0 Å². The minimum Gasteiger partial charge on any atom is -0.439 e. The molecule has 3 rings (SSSR count). The minimum absolute atomic E-state index is 0.0132. The van der Waals surface area contributed by atoms with Gasteiger partial charge in [0.15, 0.2) is 0 Å². The molecule has 0 aliphatic rings. The van der Waals surface area contributed by atoms with E-state index in [4.69, 9.17) is 22.1 Å². The lowest BCUT2D eigenvalue weighted by Gasteiger charge is -2.08. The second-order valence-corrected chi connectivity index (χ2v) is 5.57. The Morgan fingerprint density at radius 3 is 2.64 bits per heavy atom. The molecule has 1 aromatic heterocycles. The number of benzene rings is 2. The molecule has 0 aliphatic carbocycles. The van der Waals surface area contributed by atoms with E-state index in [-0.39, 0.29) is 22.9 Å². The Labute approximate surface area is 149 Å². The Bertz CT molecular complexity index is 867. The summed E-state index contributed by atoms with van der Waals surface area (Å²) < 4.78 is 5.60. The summed E-state index contributed by atoms with van der Waals surface area (Å²) in [5.41, 5.74) is 7.03. The van der Waals surface area contributed by atoms with Gasteiger partial charge in [0.25, 0.3) is 5.91 Å². The fourth-order valence-electron chi connectivity index (χ4n) is 2.17. The van der Waals surface area contributed by atoms with E-state index in [1.54, 1.807) is 24.3 Å². The normalized spacial score (nSPS) is 10.3. The summed E-state index contributed by atoms with van der Waals surface area (Å²) in [6.45, 7) is 0.447. The fourth-order valence-corrected chi connectivity index (χ4v) is 2.35. The van der Waals surface area contributed by atoms with Gasteiger partial charge < -0.3 is 15.8 Å². The number of hydrogen-bond donors (Lipinski definition) is 2. The molecule has 1 amide bonds. The second kappa shape index (κ2) is 7.63. The predicted octanol–water partition coefficient (Wildman–Crippen LogP) is 3.43. The van der Waals surface area contributed by atoms with Crippen LogP contribution in [0.5, 0.6) is 11.6 Å². The van der Waals surface area contributed by atoms with Gasteiger partial charge in [-0.05, 0) is 23.8 Å². The molecule has 0 atom stereocenters. The Kier molecular flexibility index (Phi) is 5.11. The van der Waals surface area contributed by atoms with E-state index in [2.05, 4.69) is 15.3 Å². The van der Waals surface area contributed by atoms with Crippen LogP contribution in [-0.2, 0) is 6.54 Å². The number of carbonyl (C=O) groups excluding carboxylic acids is 1. The van der Waals surface area contributed by atoms with Crippen molar-refractivity contribution in [2.45, 2.75) is 6.54 Å². The van der Waals surface area contributed by atoms with Crippen LogP contribution in [0.2, 0.25) is 5.15 Å². The van der Waals surface area contributed by atoms with E-state index in [9.17, 15) is 4.79 Å². The zero-order valence-electron chi connectivity index (χ0n) is 13.1. The van der Waals surface area contributed by atoms with E-state index in [0.717, 1.165) is 5.56 Å². The van der Waals surface area contributed by atoms with Crippen molar-refractivity contribution in [2.24, 2.45) is 0 Å². The molecule has 1 heterocycles. The van der Waals surface area contributed by atoms with Gasteiger partial charge in [0.1, 0.15) is 10.9 Å². The maximum absolute atomic E-state index is 12.3. The Hall–Kier alpha value is -3.12. The molecule has 0 fully saturated rings. The number of nitrogen functional groups attached to an aromatic ring is 1. The fraction of sp³-hybridized carbons (Fsp3) is 0.0556. The number of nitrogens with one attached hydrogen (secondary N) is 1. The van der Waals surface area contributed by atoms with Crippen LogP contribution in [0, 0.1) is 0 Å². The van der Waals surface area contributed by atoms with Gasteiger partial charge in [0, 0.05) is 18.2 Å². The number of hydrogen-bond acceptors (Lipinski definition) is 5. The quantitative estimate of drug-likeness (QED) is 0.685. The molecule has 0 bridgehead atoms. The SMILES string of the molecule is Nc1nc(Cl)cc(Oc2cccc(C(=O)NCc3ccccc3)c2)n1. The number of carbonyl (C=O) groups is 1. The van der Waals surface area contributed by atoms with Crippen molar-refractivity contribution >= 4 is 23.5 Å². The predicted molar refractivity (Wildman–Crippen MR) is 95.6 cm³/mol. The van der Waals surface area contributed by atoms with E-state index in [1.807, 2.05) is 30.3 Å². The van der Waals surface area contributed by atoms with E-state index in [1.165, 1.54) is 6.07 Å². The number of aromatic nitrogens is 2. The zero-order valence-corrected chi connectivity index (χ0v) is 13.9. The molecule has 25 heavy (non-hydrogen) atoms. The first kappa shape index (κ1) is 16.7. The van der Waals surface area contributed by atoms with Crippen molar-refractivity contribution in [3.63, 3.8) is 0 Å². The molecule has 3 N–H and O–H groups in total. The van der Waals surface area contributed by atoms with Gasteiger partial charge in [0.2, 0.25) is 11.8 Å². The van der Waals surface area contributed by atoms with Crippen LogP contribution < -0.4 is 15.8 Å². The van der Waals surface area contributed by atoms with Crippen LogP contribution in [0.15, 0.2) is 60.7 Å². The summed E-state index contributed by atoms with van der Waals surface area (Å²) in [7, 11) is 0. The van der Waals surface area contributed by atoms with Crippen molar-refractivity contribution in [3.8, 4) is 11.6 Å². The first-order valence-corrected chi connectivity index (χ1v) is 7.88. The summed E-state index contributed by atoms with van der Waals surface area (Å²) in [6, 6.07) is 17.9. The van der Waals surface area contributed by atoms with Crippen molar-refractivity contribution < 1.29 is 9.53 Å². The highest BCUT2D eigenvalue weighted by atomic mass is 35.5. The third-order valence-corrected chi connectivity index (χ3v) is 3.50. The van der Waals surface area contributed by atoms with Gasteiger partial charge in [-0.25, -0.2) is 4.98 Å². The molecule has 2 aromatic carbocycles. The van der Waals surface area contributed by atoms with Crippen LogP contribution in [0.4, 0.5) is 5.95 Å². The first-order chi connectivity index (χ1) is 12.1. The number of anilines is 1. The van der Waals surface area contributed by atoms with Gasteiger partial charge in [0.05, 0.1) is 0 Å². The lowest BCUT2D eigenvalue weighted by atomic mass is 10.2. The van der Waals surface area contributed by atoms with Gasteiger partial charge in [-0.3, -0.25) is 4.79 Å². The van der Waals surface area contributed by atoms with Gasteiger partial charge in [-0.2, -0.15) is 4.98 Å². The maximum Gasteiger partial charge on any atom is 0.251 e. The number of halogens is 1. The summed E-state index contributed by atoms with van der Waals surface area (Å²) in [5.74, 6) is 0.467. The molecule has 0 saturated heterocycles. The summed E-state index contributed by atoms with van der Waals surface area (Å²) in [6.07, 6.45) is 0. The second-order valence-electron chi connectivity index (χ2n) is 5.19. The average Bonchev–Trinajstić information content (AvgIpc) is 2.60. The maximum atomic E-state index is 12.3. The Morgan fingerprint density at radius 2 is 1.88 bits per heavy atom. The van der Waals surface area contributed by atoms with Crippen LogP contribution in [0.1, 0.15) is 15.9 Å². The van der Waals surface area contributed by atoms with Crippen molar-refractivity contribution in [1.82, 2.24) is 15.3 Å². The summed E-state index contributed by atoms with van der Waals surface area (Å²) in [5, 5.41) is 3.04. The van der Waals surface area contributed by atoms with Crippen molar-refractivity contribution in [2.75, 3.05) is 5.73 Å². The summed E-state index contributed by atoms with van der Waals surface area (Å²) in [4.78, 5) is 20.0. The van der Waals surface area contributed by atoms with Crippen LogP contribution in [0.3, 0.4) is 0 Å². The monoisotopic (exact) mass is 354 g/mol. The lowest BCUT2D eigenvalue weighted by Crippen LogP contribution is -2.22. The molecule has 0 unspecified atom stereocenters. The smallest absolute Gasteiger partial charge is 0.251 e. The number of nitrogens with two attached hydrogens (primary N) is 1. The minimum atomic E-state index is -0.200. The zero-order chi connectivity index (χ0) is 17.6. The molecule has 0 spiro atoms. The number of rotatable bonds is 5. The number of ether oxygens (including phenoxy) is 1. The standard InChI is InChI=1S/C18H15ClN4O2/c19-15-10-16(23-18(20)22-15)25-14-8-4-7-13(9-14)17(24)21-11-12-5-2-1-3-6-12/h1-10H,11H2,(H,21,24)(H2,20,22,23).